The van der Waals surface area contributed by atoms with Gasteiger partial charge in [0.15, 0.2) is 6.61 Å². The highest BCUT2D eigenvalue weighted by molar-refractivity contribution is 7.16. The third-order valence-electron chi connectivity index (χ3n) is 4.09. The summed E-state index contributed by atoms with van der Waals surface area (Å²) in [6.07, 6.45) is 5.81. The first-order chi connectivity index (χ1) is 12.6. The predicted octanol–water partition coefficient (Wildman–Crippen LogP) is 3.61. The summed E-state index contributed by atoms with van der Waals surface area (Å²) in [7, 11) is 0. The topological polar surface area (TPSA) is 79.2 Å². The van der Waals surface area contributed by atoms with Gasteiger partial charge >= 0.3 is 5.97 Å². The molecule has 0 saturated heterocycles. The number of anilines is 1. The maximum absolute atomic E-state index is 12.0. The number of amides is 1. The van der Waals surface area contributed by atoms with Crippen LogP contribution >= 0.6 is 11.3 Å². The van der Waals surface area contributed by atoms with E-state index in [4.69, 9.17) is 4.74 Å². The van der Waals surface area contributed by atoms with Crippen LogP contribution in [-0.4, -0.2) is 18.5 Å². The predicted molar refractivity (Wildman–Crippen MR) is 101 cm³/mol. The summed E-state index contributed by atoms with van der Waals surface area (Å²) < 4.78 is 4.96. The van der Waals surface area contributed by atoms with Crippen LogP contribution in [0.5, 0.6) is 0 Å². The van der Waals surface area contributed by atoms with Crippen LogP contribution in [-0.2, 0) is 27.2 Å². The number of fused-ring (bicyclic) bond motifs is 1. The van der Waals surface area contributed by atoms with Crippen LogP contribution in [0.3, 0.4) is 0 Å². The number of benzene rings is 1. The number of nitriles is 1. The van der Waals surface area contributed by atoms with Gasteiger partial charge in [-0.3, -0.25) is 4.79 Å². The third kappa shape index (κ3) is 4.19. The van der Waals surface area contributed by atoms with E-state index >= 15 is 0 Å². The molecule has 0 aliphatic heterocycles. The molecule has 1 aromatic carbocycles. The normalized spacial score (nSPS) is 12.6. The third-order valence-corrected chi connectivity index (χ3v) is 5.29. The SMILES string of the molecule is Cc1cccc(/C=C/C(=O)OCC(=O)Nc2sc3c(c2C#N)CCC3)c1. The van der Waals surface area contributed by atoms with E-state index in [1.54, 1.807) is 6.08 Å². The maximum atomic E-state index is 12.0. The molecule has 6 heteroatoms. The number of nitrogens with one attached hydrogen (secondary N) is 1. The number of nitrogens with zero attached hydrogens (tertiary/aromatic N) is 1. The lowest BCUT2D eigenvalue weighted by atomic mass is 10.1. The fraction of sp³-hybridized carbons (Fsp3) is 0.250. The monoisotopic (exact) mass is 366 g/mol. The lowest BCUT2D eigenvalue weighted by molar-refractivity contribution is -0.142. The van der Waals surface area contributed by atoms with Crippen LogP contribution in [0.4, 0.5) is 5.00 Å². The van der Waals surface area contributed by atoms with Gasteiger partial charge in [0, 0.05) is 11.0 Å². The van der Waals surface area contributed by atoms with Crippen molar-refractivity contribution in [1.82, 2.24) is 0 Å². The lowest BCUT2D eigenvalue weighted by Gasteiger charge is -2.04. The minimum absolute atomic E-state index is 0.384. The number of ether oxygens (including phenoxy) is 1. The second kappa shape index (κ2) is 7.98. The van der Waals surface area contributed by atoms with E-state index in [1.807, 2.05) is 31.2 Å². The lowest BCUT2D eigenvalue weighted by Crippen LogP contribution is -2.20. The fourth-order valence-electron chi connectivity index (χ4n) is 2.90. The molecule has 26 heavy (non-hydrogen) atoms. The molecule has 0 atom stereocenters. The summed E-state index contributed by atoms with van der Waals surface area (Å²) in [5, 5.41) is 12.5. The zero-order valence-electron chi connectivity index (χ0n) is 14.4. The van der Waals surface area contributed by atoms with Crippen molar-refractivity contribution in [3.05, 3.63) is 57.5 Å². The van der Waals surface area contributed by atoms with Crippen LogP contribution in [0.25, 0.3) is 6.08 Å². The van der Waals surface area contributed by atoms with Crippen molar-refractivity contribution in [1.29, 1.82) is 5.26 Å². The molecule has 3 rings (SSSR count). The van der Waals surface area contributed by atoms with E-state index in [0.717, 1.165) is 40.8 Å². The molecule has 1 N–H and O–H groups in total. The quantitative estimate of drug-likeness (QED) is 0.647. The minimum atomic E-state index is -0.587. The summed E-state index contributed by atoms with van der Waals surface area (Å²) in [6, 6.07) is 9.85. The molecule has 0 radical (unpaired) electrons. The zero-order chi connectivity index (χ0) is 18.5. The highest BCUT2D eigenvalue weighted by atomic mass is 32.1. The second-order valence-electron chi connectivity index (χ2n) is 6.08. The molecule has 0 saturated carbocycles. The molecule has 5 nitrogen and oxygen atoms in total. The van der Waals surface area contributed by atoms with Crippen LogP contribution in [0, 0.1) is 18.3 Å². The van der Waals surface area contributed by atoms with Gasteiger partial charge in [-0.15, -0.1) is 11.3 Å². The molecule has 2 aromatic rings. The summed E-state index contributed by atoms with van der Waals surface area (Å²) in [5.74, 6) is -1.03. The molecule has 1 heterocycles. The van der Waals surface area contributed by atoms with Crippen molar-refractivity contribution in [3.8, 4) is 6.07 Å². The molecule has 0 fully saturated rings. The van der Waals surface area contributed by atoms with Gasteiger partial charge in [0.05, 0.1) is 5.56 Å². The molecule has 0 unspecified atom stereocenters. The van der Waals surface area contributed by atoms with E-state index < -0.39 is 11.9 Å². The Morgan fingerprint density at radius 3 is 3.00 bits per heavy atom. The fourth-order valence-corrected chi connectivity index (χ4v) is 4.15. The van der Waals surface area contributed by atoms with E-state index in [1.165, 1.54) is 17.4 Å². The second-order valence-corrected chi connectivity index (χ2v) is 7.18. The number of esters is 1. The molecule has 1 amide bonds. The first kappa shape index (κ1) is 17.9. The maximum Gasteiger partial charge on any atom is 0.331 e. The standard InChI is InChI=1S/C20H18N2O3S/c1-13-4-2-5-14(10-13)8-9-19(24)25-12-18(23)22-20-16(11-21)15-6-3-7-17(15)26-20/h2,4-5,8-10H,3,6-7,12H2,1H3,(H,22,23)/b9-8+. The van der Waals surface area contributed by atoms with Crippen molar-refractivity contribution in [2.75, 3.05) is 11.9 Å². The molecule has 1 aliphatic rings. The Bertz CT molecular complexity index is 922. The number of thiophene rings is 1. The van der Waals surface area contributed by atoms with E-state index in [-0.39, 0.29) is 6.61 Å². The number of hydrogen-bond acceptors (Lipinski definition) is 5. The number of rotatable bonds is 5. The average Bonchev–Trinajstić information content (AvgIpc) is 3.18. The van der Waals surface area contributed by atoms with Gasteiger partial charge in [-0.2, -0.15) is 5.26 Å². The number of carbonyl (C=O) groups excluding carboxylic acids is 2. The molecule has 1 aliphatic carbocycles. The Morgan fingerprint density at radius 1 is 1.38 bits per heavy atom. The van der Waals surface area contributed by atoms with Crippen molar-refractivity contribution in [2.45, 2.75) is 26.2 Å². The Morgan fingerprint density at radius 2 is 2.23 bits per heavy atom. The minimum Gasteiger partial charge on any atom is -0.452 e. The highest BCUT2D eigenvalue weighted by Crippen LogP contribution is 2.38. The van der Waals surface area contributed by atoms with Gasteiger partial charge in [0.2, 0.25) is 0 Å². The molecule has 0 bridgehead atoms. The first-order valence-corrected chi connectivity index (χ1v) is 9.14. The van der Waals surface area contributed by atoms with Gasteiger partial charge in [-0.05, 0) is 43.4 Å². The molecule has 132 valence electrons. The van der Waals surface area contributed by atoms with Gasteiger partial charge in [0.1, 0.15) is 11.1 Å². The zero-order valence-corrected chi connectivity index (χ0v) is 15.2. The van der Waals surface area contributed by atoms with Crippen molar-refractivity contribution in [2.24, 2.45) is 0 Å². The number of carbonyl (C=O) groups is 2. The first-order valence-electron chi connectivity index (χ1n) is 8.33. The van der Waals surface area contributed by atoms with Gasteiger partial charge in [-0.25, -0.2) is 4.79 Å². The van der Waals surface area contributed by atoms with E-state index in [9.17, 15) is 14.9 Å². The summed E-state index contributed by atoms with van der Waals surface area (Å²) >= 11 is 1.44. The summed E-state index contributed by atoms with van der Waals surface area (Å²) in [6.45, 7) is 1.58. The number of hydrogen-bond donors (Lipinski definition) is 1. The van der Waals surface area contributed by atoms with E-state index in [2.05, 4.69) is 11.4 Å². The summed E-state index contributed by atoms with van der Waals surface area (Å²) in [4.78, 5) is 24.9. The van der Waals surface area contributed by atoms with Gasteiger partial charge in [-0.1, -0.05) is 29.8 Å². The van der Waals surface area contributed by atoms with Gasteiger partial charge < -0.3 is 10.1 Å². The summed E-state index contributed by atoms with van der Waals surface area (Å²) in [5.41, 5.74) is 3.57. The Kier molecular flexibility index (Phi) is 5.49. The van der Waals surface area contributed by atoms with Crippen LogP contribution in [0.15, 0.2) is 30.3 Å². The van der Waals surface area contributed by atoms with Crippen molar-refractivity contribution in [3.63, 3.8) is 0 Å². The van der Waals surface area contributed by atoms with Gasteiger partial charge in [0.25, 0.3) is 5.91 Å². The molecular formula is C20H18N2O3S. The van der Waals surface area contributed by atoms with E-state index in [0.29, 0.717) is 10.6 Å². The van der Waals surface area contributed by atoms with Crippen molar-refractivity contribution >= 4 is 34.3 Å². The molecule has 0 spiro atoms. The smallest absolute Gasteiger partial charge is 0.331 e. The van der Waals surface area contributed by atoms with Crippen LogP contribution in [0.2, 0.25) is 0 Å². The van der Waals surface area contributed by atoms with Crippen LogP contribution < -0.4 is 5.32 Å². The van der Waals surface area contributed by atoms with Crippen molar-refractivity contribution < 1.29 is 14.3 Å². The molecular weight excluding hydrogens is 348 g/mol. The highest BCUT2D eigenvalue weighted by Gasteiger charge is 2.23. The number of aryl methyl sites for hydroxylation is 2. The van der Waals surface area contributed by atoms with Crippen LogP contribution in [0.1, 0.15) is 33.6 Å². The largest absolute Gasteiger partial charge is 0.452 e. The average molecular weight is 366 g/mol. The Hall–Kier alpha value is -2.91. The molecule has 1 aromatic heterocycles. The Labute approximate surface area is 155 Å². The Balaban J connectivity index is 1.53.